The highest BCUT2D eigenvalue weighted by Gasteiger charge is 2.25. The fourth-order valence-corrected chi connectivity index (χ4v) is 2.15. The summed E-state index contributed by atoms with van der Waals surface area (Å²) < 4.78 is 0. The molecule has 1 heterocycles. The van der Waals surface area contributed by atoms with E-state index in [1.165, 1.54) is 0 Å². The Labute approximate surface area is 114 Å². The largest absolute Gasteiger partial charge is 0.385 e. The van der Waals surface area contributed by atoms with Gasteiger partial charge in [0.2, 0.25) is 0 Å². The van der Waals surface area contributed by atoms with Gasteiger partial charge in [-0.05, 0) is 33.3 Å². The predicted octanol–water partition coefficient (Wildman–Crippen LogP) is 2.85. The van der Waals surface area contributed by atoms with E-state index >= 15 is 0 Å². The highest BCUT2D eigenvalue weighted by atomic mass is 16.3. The SMILES string of the molecule is Cc1nc(C)c(CC(C)(O)c2ccccc2)nc1C. The minimum atomic E-state index is -0.928. The van der Waals surface area contributed by atoms with Gasteiger partial charge in [-0.15, -0.1) is 0 Å². The maximum Gasteiger partial charge on any atom is 0.0924 e. The van der Waals surface area contributed by atoms with Gasteiger partial charge < -0.3 is 5.11 Å². The van der Waals surface area contributed by atoms with Crippen LogP contribution >= 0.6 is 0 Å². The van der Waals surface area contributed by atoms with E-state index in [0.717, 1.165) is 28.3 Å². The molecule has 100 valence electrons. The van der Waals surface area contributed by atoms with E-state index in [0.29, 0.717) is 6.42 Å². The lowest BCUT2D eigenvalue weighted by Crippen LogP contribution is -2.25. The number of aromatic nitrogens is 2. The van der Waals surface area contributed by atoms with Crippen molar-refractivity contribution in [1.82, 2.24) is 9.97 Å². The van der Waals surface area contributed by atoms with E-state index in [4.69, 9.17) is 0 Å². The van der Waals surface area contributed by atoms with Gasteiger partial charge in [0.05, 0.1) is 28.4 Å². The lowest BCUT2D eigenvalue weighted by molar-refractivity contribution is 0.0562. The third kappa shape index (κ3) is 2.99. The number of benzene rings is 1. The first-order chi connectivity index (χ1) is 8.90. The second-order valence-electron chi connectivity index (χ2n) is 5.24. The molecule has 2 aromatic rings. The molecule has 0 saturated carbocycles. The Bertz CT molecular complexity index is 577. The van der Waals surface area contributed by atoms with Gasteiger partial charge in [-0.3, -0.25) is 9.97 Å². The van der Waals surface area contributed by atoms with Crippen molar-refractivity contribution in [3.8, 4) is 0 Å². The van der Waals surface area contributed by atoms with Gasteiger partial charge in [-0.2, -0.15) is 0 Å². The first-order valence-corrected chi connectivity index (χ1v) is 6.49. The molecule has 2 rings (SSSR count). The van der Waals surface area contributed by atoms with E-state index in [1.807, 2.05) is 58.0 Å². The Kier molecular flexibility index (Phi) is 3.67. The Hall–Kier alpha value is -1.74. The summed E-state index contributed by atoms with van der Waals surface area (Å²) in [7, 11) is 0. The molecule has 1 atom stereocenters. The Morgan fingerprint density at radius 1 is 0.947 bits per heavy atom. The van der Waals surface area contributed by atoms with Gasteiger partial charge >= 0.3 is 0 Å². The number of aryl methyl sites for hydroxylation is 3. The first kappa shape index (κ1) is 13.7. The molecule has 0 aliphatic carbocycles. The predicted molar refractivity (Wildman–Crippen MR) is 76.0 cm³/mol. The van der Waals surface area contributed by atoms with Crippen LogP contribution in [0.3, 0.4) is 0 Å². The van der Waals surface area contributed by atoms with Crippen molar-refractivity contribution >= 4 is 0 Å². The first-order valence-electron chi connectivity index (χ1n) is 6.49. The normalized spacial score (nSPS) is 14.2. The molecule has 0 bridgehead atoms. The van der Waals surface area contributed by atoms with Crippen molar-refractivity contribution in [2.45, 2.75) is 39.7 Å². The van der Waals surface area contributed by atoms with Crippen LogP contribution in [0.15, 0.2) is 30.3 Å². The molecule has 0 radical (unpaired) electrons. The maximum atomic E-state index is 10.7. The van der Waals surface area contributed by atoms with E-state index in [9.17, 15) is 5.11 Å². The van der Waals surface area contributed by atoms with Crippen molar-refractivity contribution in [2.75, 3.05) is 0 Å². The van der Waals surface area contributed by atoms with Crippen LogP contribution in [0.5, 0.6) is 0 Å². The third-order valence-electron chi connectivity index (χ3n) is 3.49. The molecule has 0 aliphatic rings. The van der Waals surface area contributed by atoms with Crippen LogP contribution in [0.25, 0.3) is 0 Å². The molecule has 0 aliphatic heterocycles. The summed E-state index contributed by atoms with van der Waals surface area (Å²) >= 11 is 0. The van der Waals surface area contributed by atoms with Gasteiger partial charge in [0, 0.05) is 6.42 Å². The molecular formula is C16H20N2O. The molecular weight excluding hydrogens is 236 g/mol. The lowest BCUT2D eigenvalue weighted by Gasteiger charge is -2.24. The van der Waals surface area contributed by atoms with Gasteiger partial charge in [0.25, 0.3) is 0 Å². The molecule has 0 saturated heterocycles. The van der Waals surface area contributed by atoms with E-state index in [-0.39, 0.29) is 0 Å². The van der Waals surface area contributed by atoms with Crippen molar-refractivity contribution < 1.29 is 5.11 Å². The average molecular weight is 256 g/mol. The van der Waals surface area contributed by atoms with Crippen molar-refractivity contribution in [3.05, 3.63) is 58.7 Å². The van der Waals surface area contributed by atoms with Crippen LogP contribution in [-0.4, -0.2) is 15.1 Å². The zero-order valence-corrected chi connectivity index (χ0v) is 11.9. The summed E-state index contributed by atoms with van der Waals surface area (Å²) in [6, 6.07) is 9.68. The molecule has 1 unspecified atom stereocenters. The number of nitrogens with zero attached hydrogens (tertiary/aromatic N) is 2. The zero-order valence-electron chi connectivity index (χ0n) is 11.9. The molecule has 1 N–H and O–H groups in total. The van der Waals surface area contributed by atoms with Crippen molar-refractivity contribution in [1.29, 1.82) is 0 Å². The van der Waals surface area contributed by atoms with E-state index in [1.54, 1.807) is 0 Å². The molecule has 0 spiro atoms. The quantitative estimate of drug-likeness (QED) is 0.918. The molecule has 3 nitrogen and oxygen atoms in total. The van der Waals surface area contributed by atoms with E-state index < -0.39 is 5.60 Å². The minimum Gasteiger partial charge on any atom is -0.385 e. The van der Waals surface area contributed by atoms with Gasteiger partial charge in [-0.1, -0.05) is 30.3 Å². The molecule has 0 fully saturated rings. The van der Waals surface area contributed by atoms with Gasteiger partial charge in [-0.25, -0.2) is 0 Å². The summed E-state index contributed by atoms with van der Waals surface area (Å²) in [4.78, 5) is 9.04. The minimum absolute atomic E-state index is 0.469. The topological polar surface area (TPSA) is 46.0 Å². The van der Waals surface area contributed by atoms with E-state index in [2.05, 4.69) is 9.97 Å². The van der Waals surface area contributed by atoms with Crippen LogP contribution < -0.4 is 0 Å². The van der Waals surface area contributed by atoms with Gasteiger partial charge in [0.1, 0.15) is 0 Å². The highest BCUT2D eigenvalue weighted by Crippen LogP contribution is 2.25. The van der Waals surface area contributed by atoms with Gasteiger partial charge in [0.15, 0.2) is 0 Å². The van der Waals surface area contributed by atoms with Crippen molar-refractivity contribution in [3.63, 3.8) is 0 Å². The van der Waals surface area contributed by atoms with Crippen LogP contribution in [0.2, 0.25) is 0 Å². The second kappa shape index (κ2) is 5.10. The number of rotatable bonds is 3. The molecule has 0 amide bonds. The fraction of sp³-hybridized carbons (Fsp3) is 0.375. The monoisotopic (exact) mass is 256 g/mol. The number of hydrogen-bond acceptors (Lipinski definition) is 3. The smallest absolute Gasteiger partial charge is 0.0924 e. The Balaban J connectivity index is 2.33. The standard InChI is InChI=1S/C16H20N2O/c1-11-12(2)18-15(13(3)17-11)10-16(4,19)14-8-6-5-7-9-14/h5-9,19H,10H2,1-4H3. The number of aliphatic hydroxyl groups is 1. The third-order valence-corrected chi connectivity index (χ3v) is 3.49. The highest BCUT2D eigenvalue weighted by molar-refractivity contribution is 5.26. The average Bonchev–Trinajstić information content (AvgIpc) is 2.37. The summed E-state index contributed by atoms with van der Waals surface area (Å²) in [6.45, 7) is 7.66. The molecule has 1 aromatic carbocycles. The lowest BCUT2D eigenvalue weighted by atomic mass is 9.90. The second-order valence-corrected chi connectivity index (χ2v) is 5.24. The van der Waals surface area contributed by atoms with Crippen LogP contribution in [0.4, 0.5) is 0 Å². The molecule has 3 heteroatoms. The van der Waals surface area contributed by atoms with Crippen LogP contribution in [-0.2, 0) is 12.0 Å². The fourth-order valence-electron chi connectivity index (χ4n) is 2.15. The Morgan fingerprint density at radius 2 is 1.53 bits per heavy atom. The molecule has 19 heavy (non-hydrogen) atoms. The van der Waals surface area contributed by atoms with Crippen LogP contribution in [0, 0.1) is 20.8 Å². The van der Waals surface area contributed by atoms with Crippen LogP contribution in [0.1, 0.15) is 35.3 Å². The summed E-state index contributed by atoms with van der Waals surface area (Å²) in [5.41, 5.74) is 3.58. The molecule has 1 aromatic heterocycles. The maximum absolute atomic E-state index is 10.7. The zero-order chi connectivity index (χ0) is 14.0. The van der Waals surface area contributed by atoms with Crippen molar-refractivity contribution in [2.24, 2.45) is 0 Å². The number of hydrogen-bond donors (Lipinski definition) is 1. The Morgan fingerprint density at radius 3 is 2.16 bits per heavy atom. The summed E-state index contributed by atoms with van der Waals surface area (Å²) in [6.07, 6.45) is 0.469. The summed E-state index contributed by atoms with van der Waals surface area (Å²) in [5.74, 6) is 0. The summed E-state index contributed by atoms with van der Waals surface area (Å²) in [5, 5.41) is 10.7.